The molecule has 7 nitrogen and oxygen atoms in total. The second-order valence-electron chi connectivity index (χ2n) is 5.02. The number of aromatic nitrogens is 3. The molecule has 2 unspecified atom stereocenters. The fourth-order valence-electron chi connectivity index (χ4n) is 2.77. The highest BCUT2D eigenvalue weighted by molar-refractivity contribution is 5.87. The molecule has 3 rings (SSSR count). The van der Waals surface area contributed by atoms with Gasteiger partial charge in [-0.2, -0.15) is 4.98 Å². The largest absolute Gasteiger partial charge is 0.478 e. The number of benzene rings is 1. The molecule has 0 radical (unpaired) electrons. The lowest BCUT2D eigenvalue weighted by atomic mass is 9.95. The van der Waals surface area contributed by atoms with Crippen LogP contribution in [-0.4, -0.2) is 33.0 Å². The minimum absolute atomic E-state index is 0.0736. The summed E-state index contributed by atoms with van der Waals surface area (Å²) in [6.07, 6.45) is 1.45. The predicted octanol–water partition coefficient (Wildman–Crippen LogP) is 1.63. The van der Waals surface area contributed by atoms with Gasteiger partial charge in [0.1, 0.15) is 6.10 Å². The molecule has 7 heteroatoms. The molecule has 2 aromatic rings. The molecule has 0 spiro atoms. The number of fused-ring (bicyclic) bond motifs is 1. The number of hydrogen-bond donors (Lipinski definition) is 2. The maximum absolute atomic E-state index is 11.1. The Kier molecular flexibility index (Phi) is 3.34. The third kappa shape index (κ3) is 2.36. The van der Waals surface area contributed by atoms with Crippen molar-refractivity contribution in [3.8, 4) is 0 Å². The van der Waals surface area contributed by atoms with E-state index < -0.39 is 5.97 Å². The van der Waals surface area contributed by atoms with E-state index in [1.54, 1.807) is 30.0 Å². The lowest BCUT2D eigenvalue weighted by molar-refractivity contribution is 0.0647. The standard InChI is InChI=1S/C14H16N4O3/c1-21-11-6-5-10(18-12(11)16-14(15)17-18)8-3-2-4-9(7-8)13(19)20/h2-4,7,10-11H,5-6H2,1H3,(H2,15,17)(H,19,20). The van der Waals surface area contributed by atoms with E-state index >= 15 is 0 Å². The Labute approximate surface area is 121 Å². The van der Waals surface area contributed by atoms with Gasteiger partial charge in [0.15, 0.2) is 5.82 Å². The van der Waals surface area contributed by atoms with Crippen molar-refractivity contribution in [2.24, 2.45) is 0 Å². The van der Waals surface area contributed by atoms with Crippen LogP contribution in [-0.2, 0) is 4.74 Å². The molecule has 0 saturated heterocycles. The summed E-state index contributed by atoms with van der Waals surface area (Å²) in [6.45, 7) is 0. The third-order valence-corrected chi connectivity index (χ3v) is 3.76. The predicted molar refractivity (Wildman–Crippen MR) is 75.0 cm³/mol. The average molecular weight is 288 g/mol. The van der Waals surface area contributed by atoms with Crippen LogP contribution in [0, 0.1) is 0 Å². The second kappa shape index (κ2) is 5.17. The van der Waals surface area contributed by atoms with Crippen molar-refractivity contribution in [3.63, 3.8) is 0 Å². The van der Waals surface area contributed by atoms with Gasteiger partial charge in [-0.05, 0) is 30.5 Å². The van der Waals surface area contributed by atoms with Gasteiger partial charge < -0.3 is 15.6 Å². The van der Waals surface area contributed by atoms with E-state index in [1.807, 2.05) is 6.07 Å². The minimum Gasteiger partial charge on any atom is -0.478 e. The molecule has 2 atom stereocenters. The number of aromatic carboxylic acids is 1. The summed E-state index contributed by atoms with van der Waals surface area (Å²) in [5.74, 6) is -0.0546. The monoisotopic (exact) mass is 288 g/mol. The van der Waals surface area contributed by atoms with Gasteiger partial charge in [-0.15, -0.1) is 5.10 Å². The van der Waals surface area contributed by atoms with Crippen molar-refractivity contribution in [2.75, 3.05) is 12.8 Å². The number of rotatable bonds is 3. The fourth-order valence-corrected chi connectivity index (χ4v) is 2.77. The molecule has 2 heterocycles. The third-order valence-electron chi connectivity index (χ3n) is 3.76. The first kappa shape index (κ1) is 13.6. The molecule has 0 amide bonds. The number of nitrogens with zero attached hydrogens (tertiary/aromatic N) is 3. The number of ether oxygens (including phenoxy) is 1. The first-order chi connectivity index (χ1) is 10.1. The first-order valence-corrected chi connectivity index (χ1v) is 6.68. The number of nitrogen functional groups attached to an aromatic ring is 1. The summed E-state index contributed by atoms with van der Waals surface area (Å²) in [6, 6.07) is 6.80. The van der Waals surface area contributed by atoms with Crippen molar-refractivity contribution in [3.05, 3.63) is 41.2 Å². The molecule has 1 aromatic carbocycles. The van der Waals surface area contributed by atoms with Crippen molar-refractivity contribution in [1.82, 2.24) is 14.8 Å². The Morgan fingerprint density at radius 3 is 3.00 bits per heavy atom. The maximum Gasteiger partial charge on any atom is 0.335 e. The van der Waals surface area contributed by atoms with E-state index in [1.165, 1.54) is 0 Å². The van der Waals surface area contributed by atoms with Crippen LogP contribution in [0.25, 0.3) is 0 Å². The van der Waals surface area contributed by atoms with E-state index in [-0.39, 0.29) is 23.7 Å². The highest BCUT2D eigenvalue weighted by Gasteiger charge is 2.31. The van der Waals surface area contributed by atoms with E-state index in [0.29, 0.717) is 5.82 Å². The number of anilines is 1. The summed E-state index contributed by atoms with van der Waals surface area (Å²) in [5.41, 5.74) is 6.85. The quantitative estimate of drug-likeness (QED) is 0.889. The Morgan fingerprint density at radius 2 is 2.29 bits per heavy atom. The smallest absolute Gasteiger partial charge is 0.335 e. The number of carboxylic acid groups (broad SMARTS) is 1. The SMILES string of the molecule is COC1CCC(c2cccc(C(=O)O)c2)n2nc(N)nc21. The van der Waals surface area contributed by atoms with Crippen LogP contribution in [0.4, 0.5) is 5.95 Å². The van der Waals surface area contributed by atoms with Gasteiger partial charge in [0.05, 0.1) is 11.6 Å². The molecule has 3 N–H and O–H groups in total. The Bertz CT molecular complexity index is 683. The molecule has 0 bridgehead atoms. The van der Waals surface area contributed by atoms with Crippen LogP contribution in [0.5, 0.6) is 0 Å². The van der Waals surface area contributed by atoms with Gasteiger partial charge in [-0.3, -0.25) is 0 Å². The minimum atomic E-state index is -0.944. The molecule has 0 fully saturated rings. The van der Waals surface area contributed by atoms with Crippen LogP contribution in [0.2, 0.25) is 0 Å². The van der Waals surface area contributed by atoms with Gasteiger partial charge in [0.25, 0.3) is 0 Å². The molecule has 1 aliphatic heterocycles. The Balaban J connectivity index is 2.03. The summed E-state index contributed by atoms with van der Waals surface area (Å²) in [4.78, 5) is 15.3. The van der Waals surface area contributed by atoms with Crippen LogP contribution < -0.4 is 5.73 Å². The van der Waals surface area contributed by atoms with Gasteiger partial charge in [-0.25, -0.2) is 9.48 Å². The summed E-state index contributed by atoms with van der Waals surface area (Å²) in [7, 11) is 1.63. The number of nitrogens with two attached hydrogens (primary N) is 1. The zero-order chi connectivity index (χ0) is 15.0. The van der Waals surface area contributed by atoms with Crippen LogP contribution >= 0.6 is 0 Å². The Morgan fingerprint density at radius 1 is 1.48 bits per heavy atom. The van der Waals surface area contributed by atoms with E-state index in [2.05, 4.69) is 10.1 Å². The average Bonchev–Trinajstić information content (AvgIpc) is 2.87. The number of carbonyl (C=O) groups is 1. The second-order valence-corrected chi connectivity index (χ2v) is 5.02. The first-order valence-electron chi connectivity index (χ1n) is 6.68. The van der Waals surface area contributed by atoms with Gasteiger partial charge in [0.2, 0.25) is 5.95 Å². The van der Waals surface area contributed by atoms with Gasteiger partial charge in [-0.1, -0.05) is 12.1 Å². The molecule has 110 valence electrons. The summed E-state index contributed by atoms with van der Waals surface area (Å²) >= 11 is 0. The van der Waals surface area contributed by atoms with Crippen LogP contribution in [0.1, 0.15) is 46.7 Å². The zero-order valence-corrected chi connectivity index (χ0v) is 11.6. The number of methoxy groups -OCH3 is 1. The molecular formula is C14H16N4O3. The van der Waals surface area contributed by atoms with Gasteiger partial charge in [0, 0.05) is 7.11 Å². The highest BCUT2D eigenvalue weighted by Crippen LogP contribution is 2.36. The number of carboxylic acids is 1. The molecule has 1 aromatic heterocycles. The maximum atomic E-state index is 11.1. The fraction of sp³-hybridized carbons (Fsp3) is 0.357. The van der Waals surface area contributed by atoms with E-state index in [9.17, 15) is 4.79 Å². The molecule has 0 saturated carbocycles. The normalized spacial score (nSPS) is 21.0. The zero-order valence-electron chi connectivity index (χ0n) is 11.6. The van der Waals surface area contributed by atoms with E-state index in [0.717, 1.165) is 18.4 Å². The number of hydrogen-bond acceptors (Lipinski definition) is 5. The van der Waals surface area contributed by atoms with Crippen molar-refractivity contribution < 1.29 is 14.6 Å². The molecule has 21 heavy (non-hydrogen) atoms. The Hall–Kier alpha value is -2.41. The summed E-state index contributed by atoms with van der Waals surface area (Å²) in [5, 5.41) is 13.3. The molecular weight excluding hydrogens is 272 g/mol. The van der Waals surface area contributed by atoms with Crippen molar-refractivity contribution >= 4 is 11.9 Å². The van der Waals surface area contributed by atoms with Gasteiger partial charge >= 0.3 is 5.97 Å². The lowest BCUT2D eigenvalue weighted by Gasteiger charge is -2.28. The van der Waals surface area contributed by atoms with Crippen molar-refractivity contribution in [2.45, 2.75) is 25.0 Å². The van der Waals surface area contributed by atoms with Crippen LogP contribution in [0.3, 0.4) is 0 Å². The van der Waals surface area contributed by atoms with Crippen LogP contribution in [0.15, 0.2) is 24.3 Å². The lowest BCUT2D eigenvalue weighted by Crippen LogP contribution is -2.24. The topological polar surface area (TPSA) is 103 Å². The highest BCUT2D eigenvalue weighted by atomic mass is 16.5. The van der Waals surface area contributed by atoms with E-state index in [4.69, 9.17) is 15.6 Å². The molecule has 0 aliphatic carbocycles. The molecule has 1 aliphatic rings. The van der Waals surface area contributed by atoms with Crippen molar-refractivity contribution in [1.29, 1.82) is 0 Å². The summed E-state index contributed by atoms with van der Waals surface area (Å²) < 4.78 is 7.15.